The fraction of sp³-hybridized carbons (Fsp3) is 0.0164. The normalized spacial score (nSPS) is 12.8. The molecule has 0 spiro atoms. The molecule has 12 aromatic rings. The van der Waals surface area contributed by atoms with Gasteiger partial charge in [0, 0.05) is 53.4 Å². The topological polar surface area (TPSA) is 16.4 Å². The Hall–Kier alpha value is -7.98. The minimum Gasteiger partial charge on any atom is -0.455 e. The van der Waals surface area contributed by atoms with Crippen molar-refractivity contribution in [3.63, 3.8) is 0 Å². The Morgan fingerprint density at radius 3 is 1.70 bits per heavy atom. The third-order valence-electron chi connectivity index (χ3n) is 13.3. The first-order chi connectivity index (χ1) is 31.8. The first kappa shape index (κ1) is 36.7. The number of para-hydroxylation sites is 2. The van der Waals surface area contributed by atoms with Crippen molar-refractivity contribution in [1.29, 1.82) is 0 Å². The van der Waals surface area contributed by atoms with Crippen molar-refractivity contribution in [2.45, 2.75) is 5.41 Å². The number of furan rings is 1. The zero-order valence-electron chi connectivity index (χ0n) is 34.8. The number of hydrogen-bond donors (Lipinski definition) is 0. The summed E-state index contributed by atoms with van der Waals surface area (Å²) in [7, 11) is 0. The Labute approximate surface area is 375 Å². The molecular weight excluding hydrogens is 795 g/mol. The van der Waals surface area contributed by atoms with Crippen LogP contribution in [-0.4, -0.2) is 0 Å². The smallest absolute Gasteiger partial charge is 0.143 e. The van der Waals surface area contributed by atoms with Crippen molar-refractivity contribution in [2.24, 2.45) is 0 Å². The van der Waals surface area contributed by atoms with Gasteiger partial charge in [-0.2, -0.15) is 0 Å². The maximum absolute atomic E-state index is 6.62. The van der Waals surface area contributed by atoms with Crippen LogP contribution in [0.5, 0.6) is 0 Å². The van der Waals surface area contributed by atoms with Crippen LogP contribution in [0.4, 0.5) is 17.1 Å². The molecule has 300 valence electrons. The second-order valence-corrected chi connectivity index (χ2v) is 17.8. The molecule has 13 rings (SSSR count). The van der Waals surface area contributed by atoms with E-state index in [1.165, 1.54) is 64.7 Å². The van der Waals surface area contributed by atoms with Gasteiger partial charge in [0.2, 0.25) is 0 Å². The van der Waals surface area contributed by atoms with Crippen molar-refractivity contribution < 1.29 is 4.42 Å². The van der Waals surface area contributed by atoms with Crippen molar-refractivity contribution in [2.75, 3.05) is 4.90 Å². The van der Waals surface area contributed by atoms with Crippen molar-refractivity contribution in [3.8, 4) is 33.4 Å². The largest absolute Gasteiger partial charge is 0.455 e. The second-order valence-electron chi connectivity index (χ2n) is 16.7. The van der Waals surface area contributed by atoms with Gasteiger partial charge in [-0.05, 0) is 87.0 Å². The van der Waals surface area contributed by atoms with Gasteiger partial charge in [-0.15, -0.1) is 11.3 Å². The molecule has 0 fully saturated rings. The monoisotopic (exact) mass is 833 g/mol. The lowest BCUT2D eigenvalue weighted by Crippen LogP contribution is -2.28. The fourth-order valence-corrected chi connectivity index (χ4v) is 11.9. The van der Waals surface area contributed by atoms with E-state index in [-0.39, 0.29) is 0 Å². The van der Waals surface area contributed by atoms with Crippen molar-refractivity contribution in [1.82, 2.24) is 0 Å². The Morgan fingerprint density at radius 1 is 0.391 bits per heavy atom. The van der Waals surface area contributed by atoms with Crippen molar-refractivity contribution >= 4 is 70.5 Å². The van der Waals surface area contributed by atoms with Crippen LogP contribution < -0.4 is 4.90 Å². The quantitative estimate of drug-likeness (QED) is 0.159. The number of hydrogen-bond acceptors (Lipinski definition) is 3. The lowest BCUT2D eigenvalue weighted by atomic mass is 9.68. The molecule has 3 heteroatoms. The lowest BCUT2D eigenvalue weighted by molar-refractivity contribution is 0.670. The van der Waals surface area contributed by atoms with Crippen molar-refractivity contribution in [3.05, 3.63) is 259 Å². The van der Waals surface area contributed by atoms with Gasteiger partial charge in [-0.3, -0.25) is 0 Å². The first-order valence-corrected chi connectivity index (χ1v) is 22.7. The number of benzene rings is 10. The van der Waals surface area contributed by atoms with Gasteiger partial charge in [0.05, 0.1) is 11.1 Å². The molecule has 0 saturated heterocycles. The second kappa shape index (κ2) is 14.6. The van der Waals surface area contributed by atoms with Gasteiger partial charge in [0.15, 0.2) is 0 Å². The minimum absolute atomic E-state index is 0.534. The molecule has 0 bridgehead atoms. The van der Waals surface area contributed by atoms with Crippen LogP contribution in [0, 0.1) is 0 Å². The SMILES string of the molecule is c1ccc(C2(c3ccccc3)c3ccccc3-c3c(N(c4cccc(-c5cccc6c5oc5ccccc56)c4)c4cccc(-c5cccc6c5sc5ccccc56)c4)cccc32)cc1. The van der Waals surface area contributed by atoms with E-state index in [1.807, 2.05) is 17.4 Å². The summed E-state index contributed by atoms with van der Waals surface area (Å²) in [5.74, 6) is 0. The molecule has 2 nitrogen and oxygen atoms in total. The summed E-state index contributed by atoms with van der Waals surface area (Å²) in [4.78, 5) is 2.48. The minimum atomic E-state index is -0.534. The highest BCUT2D eigenvalue weighted by molar-refractivity contribution is 7.26. The Bertz CT molecular complexity index is 3550. The first-order valence-electron chi connectivity index (χ1n) is 21.9. The Balaban J connectivity index is 1.08. The predicted octanol–water partition coefficient (Wildman–Crippen LogP) is 17.1. The molecule has 0 radical (unpaired) electrons. The highest BCUT2D eigenvalue weighted by Crippen LogP contribution is 2.59. The van der Waals surface area contributed by atoms with Crippen LogP contribution in [0.15, 0.2) is 241 Å². The zero-order valence-corrected chi connectivity index (χ0v) is 35.6. The molecule has 1 aliphatic rings. The van der Waals surface area contributed by atoms with E-state index in [0.717, 1.165) is 50.1 Å². The summed E-state index contributed by atoms with van der Waals surface area (Å²) in [5, 5.41) is 4.84. The Kier molecular flexibility index (Phi) is 8.34. The zero-order chi connectivity index (χ0) is 42.2. The molecule has 2 aromatic heterocycles. The molecule has 0 saturated carbocycles. The van der Waals surface area contributed by atoms with E-state index < -0.39 is 5.41 Å². The predicted molar refractivity (Wildman–Crippen MR) is 269 cm³/mol. The summed E-state index contributed by atoms with van der Waals surface area (Å²) in [6, 6.07) is 86.5. The van der Waals surface area contributed by atoms with E-state index in [9.17, 15) is 0 Å². The van der Waals surface area contributed by atoms with E-state index >= 15 is 0 Å². The number of nitrogens with zero attached hydrogens (tertiary/aromatic N) is 1. The van der Waals surface area contributed by atoms with E-state index in [0.29, 0.717) is 0 Å². The van der Waals surface area contributed by atoms with Crippen LogP contribution >= 0.6 is 11.3 Å². The highest BCUT2D eigenvalue weighted by Gasteiger charge is 2.47. The fourth-order valence-electron chi connectivity index (χ4n) is 10.7. The average Bonchev–Trinajstić information content (AvgIpc) is 4.04. The number of fused-ring (bicyclic) bond motifs is 9. The lowest BCUT2D eigenvalue weighted by Gasteiger charge is -2.34. The van der Waals surface area contributed by atoms with Gasteiger partial charge in [-0.25, -0.2) is 0 Å². The van der Waals surface area contributed by atoms with Crippen LogP contribution in [0.3, 0.4) is 0 Å². The molecule has 1 aliphatic carbocycles. The van der Waals surface area contributed by atoms with Gasteiger partial charge >= 0.3 is 0 Å². The van der Waals surface area contributed by atoms with Gasteiger partial charge in [-0.1, -0.05) is 194 Å². The van der Waals surface area contributed by atoms with Gasteiger partial charge < -0.3 is 9.32 Å². The molecular formula is C61H39NOS. The third kappa shape index (κ3) is 5.44. The number of thiophene rings is 1. The average molecular weight is 834 g/mol. The molecule has 0 amide bonds. The Morgan fingerprint density at radius 2 is 0.938 bits per heavy atom. The van der Waals surface area contributed by atoms with E-state index in [4.69, 9.17) is 4.42 Å². The molecule has 2 heterocycles. The van der Waals surface area contributed by atoms with E-state index in [2.05, 4.69) is 235 Å². The number of anilines is 3. The molecule has 0 aliphatic heterocycles. The standard InChI is InChI=1S/C61H39NOS/c1-3-20-42(21-4-1)61(43-22-5-2-6-23-43)53-33-10-7-28-52(53)58-54(61)34-17-35-55(58)62(44-24-13-18-40(38-44)46-29-15-31-50-48-26-8-11-36-56(48)63-59(46)50)45-25-14-19-41(39-45)47-30-16-32-51-49-27-9-12-37-57(49)64-60(47)51/h1-39H. The van der Waals surface area contributed by atoms with Crippen LogP contribution in [-0.2, 0) is 5.41 Å². The third-order valence-corrected chi connectivity index (χ3v) is 14.6. The molecule has 0 N–H and O–H groups in total. The summed E-state index contributed by atoms with van der Waals surface area (Å²) in [6.07, 6.45) is 0. The summed E-state index contributed by atoms with van der Waals surface area (Å²) in [6.45, 7) is 0. The van der Waals surface area contributed by atoms with Crippen LogP contribution in [0.1, 0.15) is 22.3 Å². The summed E-state index contributed by atoms with van der Waals surface area (Å²) in [5.41, 5.74) is 16.6. The highest BCUT2D eigenvalue weighted by atomic mass is 32.1. The van der Waals surface area contributed by atoms with Crippen LogP contribution in [0.2, 0.25) is 0 Å². The maximum Gasteiger partial charge on any atom is 0.143 e. The van der Waals surface area contributed by atoms with Crippen LogP contribution in [0.25, 0.3) is 75.5 Å². The molecule has 10 aromatic carbocycles. The van der Waals surface area contributed by atoms with Gasteiger partial charge in [0.1, 0.15) is 11.2 Å². The summed E-state index contributed by atoms with van der Waals surface area (Å²) < 4.78 is 9.23. The maximum atomic E-state index is 6.62. The van der Waals surface area contributed by atoms with E-state index in [1.54, 1.807) is 0 Å². The molecule has 64 heavy (non-hydrogen) atoms. The molecule has 0 unspecified atom stereocenters. The number of rotatable bonds is 7. The summed E-state index contributed by atoms with van der Waals surface area (Å²) >= 11 is 1.87. The molecule has 0 atom stereocenters. The van der Waals surface area contributed by atoms with Gasteiger partial charge in [0.25, 0.3) is 0 Å².